The Morgan fingerprint density at radius 1 is 1.42 bits per heavy atom. The molecular weight excluding hydrogens is 330 g/mol. The molecule has 1 fully saturated rings. The fourth-order valence-corrected chi connectivity index (χ4v) is 3.00. The number of piperidine rings is 1. The zero-order valence-electron chi connectivity index (χ0n) is 10.2. The van der Waals surface area contributed by atoms with Gasteiger partial charge in [0.1, 0.15) is 0 Å². The highest BCUT2D eigenvalue weighted by atomic mass is 79.9. The van der Waals surface area contributed by atoms with Crippen LogP contribution in [0.5, 0.6) is 0 Å². The van der Waals surface area contributed by atoms with Crippen LogP contribution in [0.3, 0.4) is 0 Å². The van der Waals surface area contributed by atoms with Crippen LogP contribution in [0, 0.1) is 0 Å². The van der Waals surface area contributed by atoms with Gasteiger partial charge in [0.2, 0.25) is 0 Å². The van der Waals surface area contributed by atoms with Gasteiger partial charge in [-0.3, -0.25) is 0 Å². The lowest BCUT2D eigenvalue weighted by Crippen LogP contribution is -2.28. The third-order valence-corrected chi connectivity index (χ3v) is 4.07. The maximum absolute atomic E-state index is 6.19. The van der Waals surface area contributed by atoms with Crippen molar-refractivity contribution in [3.63, 3.8) is 0 Å². The Morgan fingerprint density at radius 3 is 3.05 bits per heavy atom. The third-order valence-electron chi connectivity index (χ3n) is 3.27. The first-order chi connectivity index (χ1) is 9.24. The molecule has 1 N–H and O–H groups in total. The number of nitrogens with one attached hydrogen (secondary N) is 1. The second-order valence-electron chi connectivity index (χ2n) is 4.63. The Morgan fingerprint density at radius 2 is 2.32 bits per heavy atom. The van der Waals surface area contributed by atoms with Gasteiger partial charge in [-0.1, -0.05) is 32.7 Å². The number of hydrogen-bond donors (Lipinski definition) is 1. The topological polar surface area (TPSA) is 51.0 Å². The van der Waals surface area contributed by atoms with Crippen molar-refractivity contribution in [1.29, 1.82) is 0 Å². The van der Waals surface area contributed by atoms with E-state index >= 15 is 0 Å². The average Bonchev–Trinajstić information content (AvgIpc) is 2.89. The summed E-state index contributed by atoms with van der Waals surface area (Å²) in [5, 5.41) is 8.03. The molecule has 1 unspecified atom stereocenters. The molecule has 0 saturated carbocycles. The second kappa shape index (κ2) is 5.61. The molecule has 2 heterocycles. The molecule has 2 aromatic rings. The minimum atomic E-state index is 0.334. The molecular formula is C13H13BrClN3O. The Kier molecular flexibility index (Phi) is 3.86. The Hall–Kier alpha value is -0.910. The van der Waals surface area contributed by atoms with Crippen molar-refractivity contribution in [2.45, 2.75) is 18.8 Å². The van der Waals surface area contributed by atoms with E-state index in [4.69, 9.17) is 16.1 Å². The Labute approximate surface area is 124 Å². The first-order valence-electron chi connectivity index (χ1n) is 6.24. The molecule has 6 heteroatoms. The summed E-state index contributed by atoms with van der Waals surface area (Å²) >= 11 is 9.57. The smallest absolute Gasteiger partial charge is 0.259 e. The molecule has 1 aromatic carbocycles. The van der Waals surface area contributed by atoms with E-state index < -0.39 is 0 Å². The van der Waals surface area contributed by atoms with Crippen LogP contribution in [-0.4, -0.2) is 23.2 Å². The average molecular weight is 343 g/mol. The largest absolute Gasteiger partial charge is 0.334 e. The molecule has 1 atom stereocenters. The molecule has 19 heavy (non-hydrogen) atoms. The number of hydrogen-bond acceptors (Lipinski definition) is 4. The van der Waals surface area contributed by atoms with Crippen molar-refractivity contribution < 1.29 is 4.52 Å². The van der Waals surface area contributed by atoms with E-state index in [1.165, 1.54) is 0 Å². The van der Waals surface area contributed by atoms with Gasteiger partial charge in [0, 0.05) is 16.9 Å². The zero-order chi connectivity index (χ0) is 13.2. The summed E-state index contributed by atoms with van der Waals surface area (Å²) in [6, 6.07) is 5.61. The zero-order valence-corrected chi connectivity index (χ0v) is 12.5. The molecule has 100 valence electrons. The molecule has 1 aromatic heterocycles. The van der Waals surface area contributed by atoms with E-state index in [0.717, 1.165) is 41.8 Å². The van der Waals surface area contributed by atoms with Crippen molar-refractivity contribution >= 4 is 27.5 Å². The standard InChI is InChI=1S/C13H13BrClN3O/c14-9-3-4-10(11(15)6-9)13-17-12(18-19-13)8-2-1-5-16-7-8/h3-4,6,8,16H,1-2,5,7H2. The normalized spacial score (nSPS) is 19.6. The number of rotatable bonds is 2. The highest BCUT2D eigenvalue weighted by Gasteiger charge is 2.21. The van der Waals surface area contributed by atoms with Gasteiger partial charge in [0.15, 0.2) is 5.82 Å². The summed E-state index contributed by atoms with van der Waals surface area (Å²) in [5.74, 6) is 1.58. The fourth-order valence-electron chi connectivity index (χ4n) is 2.25. The summed E-state index contributed by atoms with van der Waals surface area (Å²) in [6.45, 7) is 1.98. The minimum absolute atomic E-state index is 0.334. The van der Waals surface area contributed by atoms with Crippen molar-refractivity contribution in [1.82, 2.24) is 15.5 Å². The van der Waals surface area contributed by atoms with Crippen LogP contribution in [0.25, 0.3) is 11.5 Å². The second-order valence-corrected chi connectivity index (χ2v) is 5.95. The lowest BCUT2D eigenvalue weighted by molar-refractivity contribution is 0.393. The van der Waals surface area contributed by atoms with E-state index in [1.807, 2.05) is 18.2 Å². The Bertz CT molecular complexity index is 581. The molecule has 0 amide bonds. The predicted molar refractivity (Wildman–Crippen MR) is 77.3 cm³/mol. The van der Waals surface area contributed by atoms with Crippen molar-refractivity contribution in [3.05, 3.63) is 33.5 Å². The predicted octanol–water partition coefficient (Wildman–Crippen LogP) is 3.62. The third kappa shape index (κ3) is 2.83. The number of aromatic nitrogens is 2. The maximum atomic E-state index is 6.19. The molecule has 1 aliphatic rings. The first-order valence-corrected chi connectivity index (χ1v) is 7.41. The number of nitrogens with zero attached hydrogens (tertiary/aromatic N) is 2. The number of halogens is 2. The summed E-state index contributed by atoms with van der Waals surface area (Å²) in [4.78, 5) is 4.48. The summed E-state index contributed by atoms with van der Waals surface area (Å²) in [5.41, 5.74) is 0.771. The van der Waals surface area contributed by atoms with Crippen molar-refractivity contribution in [2.24, 2.45) is 0 Å². The molecule has 0 spiro atoms. The molecule has 0 radical (unpaired) electrons. The van der Waals surface area contributed by atoms with E-state index in [2.05, 4.69) is 31.4 Å². The van der Waals surface area contributed by atoms with E-state index in [-0.39, 0.29) is 0 Å². The molecule has 1 saturated heterocycles. The molecule has 3 rings (SSSR count). The van der Waals surface area contributed by atoms with E-state index in [1.54, 1.807) is 0 Å². The highest BCUT2D eigenvalue weighted by Crippen LogP contribution is 2.30. The minimum Gasteiger partial charge on any atom is -0.334 e. The van der Waals surface area contributed by atoms with Gasteiger partial charge in [-0.2, -0.15) is 4.98 Å². The van der Waals surface area contributed by atoms with Gasteiger partial charge >= 0.3 is 0 Å². The quantitative estimate of drug-likeness (QED) is 0.905. The van der Waals surface area contributed by atoms with E-state index in [0.29, 0.717) is 16.8 Å². The van der Waals surface area contributed by atoms with Gasteiger partial charge in [0.05, 0.1) is 10.6 Å². The van der Waals surface area contributed by atoms with Crippen molar-refractivity contribution in [2.75, 3.05) is 13.1 Å². The SMILES string of the molecule is Clc1cc(Br)ccc1-c1nc(C2CCCNC2)no1. The van der Waals surface area contributed by atoms with Crippen LogP contribution in [-0.2, 0) is 0 Å². The van der Waals surface area contributed by atoms with Crippen molar-refractivity contribution in [3.8, 4) is 11.5 Å². The van der Waals surface area contributed by atoms with Crippen LogP contribution in [0.1, 0.15) is 24.6 Å². The molecule has 0 bridgehead atoms. The summed E-state index contributed by atoms with van der Waals surface area (Å²) < 4.78 is 6.26. The van der Waals surface area contributed by atoms with Crippen LogP contribution < -0.4 is 5.32 Å². The van der Waals surface area contributed by atoms with Crippen LogP contribution in [0.2, 0.25) is 5.02 Å². The summed E-state index contributed by atoms with van der Waals surface area (Å²) in [7, 11) is 0. The van der Waals surface area contributed by atoms with Crippen LogP contribution in [0.4, 0.5) is 0 Å². The van der Waals surface area contributed by atoms with Gasteiger partial charge in [-0.15, -0.1) is 0 Å². The number of benzene rings is 1. The molecule has 4 nitrogen and oxygen atoms in total. The lowest BCUT2D eigenvalue weighted by Gasteiger charge is -2.19. The lowest BCUT2D eigenvalue weighted by atomic mass is 9.99. The molecule has 1 aliphatic heterocycles. The maximum Gasteiger partial charge on any atom is 0.259 e. The Balaban J connectivity index is 1.87. The van der Waals surface area contributed by atoms with Gasteiger partial charge in [-0.05, 0) is 37.6 Å². The summed E-state index contributed by atoms with van der Waals surface area (Å²) in [6.07, 6.45) is 2.24. The highest BCUT2D eigenvalue weighted by molar-refractivity contribution is 9.10. The van der Waals surface area contributed by atoms with Gasteiger partial charge in [-0.25, -0.2) is 0 Å². The van der Waals surface area contributed by atoms with E-state index in [9.17, 15) is 0 Å². The molecule has 0 aliphatic carbocycles. The van der Waals surface area contributed by atoms with Crippen LogP contribution >= 0.6 is 27.5 Å². The van der Waals surface area contributed by atoms with Crippen LogP contribution in [0.15, 0.2) is 27.2 Å². The van der Waals surface area contributed by atoms with Gasteiger partial charge < -0.3 is 9.84 Å². The van der Waals surface area contributed by atoms with Gasteiger partial charge in [0.25, 0.3) is 5.89 Å². The monoisotopic (exact) mass is 341 g/mol. The fraction of sp³-hybridized carbons (Fsp3) is 0.385. The first kappa shape index (κ1) is 13.1.